The minimum absolute atomic E-state index is 0.184. The Hall–Kier alpha value is -2.11. The van der Waals surface area contributed by atoms with E-state index in [1.54, 1.807) is 6.92 Å². The van der Waals surface area contributed by atoms with Crippen molar-refractivity contribution < 1.29 is 19.1 Å². The van der Waals surface area contributed by atoms with Crippen LogP contribution in [-0.4, -0.2) is 23.1 Å². The van der Waals surface area contributed by atoms with Crippen molar-refractivity contribution in [1.82, 2.24) is 5.32 Å². The van der Waals surface area contributed by atoms with Gasteiger partial charge in [0.05, 0.1) is 0 Å². The molecule has 0 saturated carbocycles. The van der Waals surface area contributed by atoms with E-state index in [-0.39, 0.29) is 5.92 Å². The van der Waals surface area contributed by atoms with Gasteiger partial charge in [-0.15, -0.1) is 0 Å². The van der Waals surface area contributed by atoms with E-state index in [2.05, 4.69) is 10.6 Å². The second-order valence-corrected chi connectivity index (χ2v) is 4.31. The maximum atomic E-state index is 12.7. The lowest BCUT2D eigenvalue weighted by Crippen LogP contribution is -2.46. The molecule has 1 rings (SSSR count). The smallest absolute Gasteiger partial charge is 0.326 e. The molecule has 0 aliphatic rings. The summed E-state index contributed by atoms with van der Waals surface area (Å²) < 4.78 is 12.7. The van der Waals surface area contributed by atoms with Crippen LogP contribution < -0.4 is 10.6 Å². The molecule has 1 aromatic carbocycles. The molecule has 19 heavy (non-hydrogen) atoms. The first-order chi connectivity index (χ1) is 8.93. The molecular formula is C13H17FN2O3. The van der Waals surface area contributed by atoms with E-state index in [1.807, 2.05) is 6.92 Å². The Labute approximate surface area is 110 Å². The quantitative estimate of drug-likeness (QED) is 0.767. The van der Waals surface area contributed by atoms with E-state index in [0.29, 0.717) is 12.1 Å². The van der Waals surface area contributed by atoms with Gasteiger partial charge in [0.2, 0.25) is 0 Å². The highest BCUT2D eigenvalue weighted by Crippen LogP contribution is 2.10. The third-order valence-corrected chi connectivity index (χ3v) is 2.87. The molecule has 0 radical (unpaired) electrons. The zero-order valence-corrected chi connectivity index (χ0v) is 10.8. The van der Waals surface area contributed by atoms with Crippen LogP contribution in [0.25, 0.3) is 0 Å². The highest BCUT2D eigenvalue weighted by Gasteiger charge is 2.25. The monoisotopic (exact) mass is 268 g/mol. The Morgan fingerprint density at radius 3 is 2.37 bits per heavy atom. The standard InChI is InChI=1S/C13H17FN2O3/c1-3-8(2)11(12(17)18)16-13(19)15-10-6-4-9(14)5-7-10/h4-8,11H,3H2,1-2H3,(H,17,18)(H2,15,16,19)/t8-,11+/m1/s1. The van der Waals surface area contributed by atoms with Crippen molar-refractivity contribution in [2.45, 2.75) is 26.3 Å². The number of anilines is 1. The van der Waals surface area contributed by atoms with Gasteiger partial charge in [0.1, 0.15) is 11.9 Å². The summed E-state index contributed by atoms with van der Waals surface area (Å²) in [5.41, 5.74) is 0.396. The van der Waals surface area contributed by atoms with Crippen LogP contribution in [-0.2, 0) is 4.79 Å². The van der Waals surface area contributed by atoms with Crippen molar-refractivity contribution in [1.29, 1.82) is 0 Å². The number of nitrogens with one attached hydrogen (secondary N) is 2. The molecule has 5 nitrogen and oxygen atoms in total. The maximum Gasteiger partial charge on any atom is 0.326 e. The molecule has 0 heterocycles. The first-order valence-corrected chi connectivity index (χ1v) is 6.00. The predicted octanol–water partition coefficient (Wildman–Crippen LogP) is 2.45. The van der Waals surface area contributed by atoms with Crippen LogP contribution in [0.15, 0.2) is 24.3 Å². The average molecular weight is 268 g/mol. The maximum absolute atomic E-state index is 12.7. The van der Waals surface area contributed by atoms with Crippen LogP contribution >= 0.6 is 0 Å². The molecule has 0 unspecified atom stereocenters. The highest BCUT2D eigenvalue weighted by atomic mass is 19.1. The topological polar surface area (TPSA) is 78.4 Å². The van der Waals surface area contributed by atoms with Crippen molar-refractivity contribution in [3.05, 3.63) is 30.1 Å². The fraction of sp³-hybridized carbons (Fsp3) is 0.385. The number of rotatable bonds is 5. The number of halogens is 1. The first-order valence-electron chi connectivity index (χ1n) is 6.00. The molecular weight excluding hydrogens is 251 g/mol. The van der Waals surface area contributed by atoms with Gasteiger partial charge in [-0.05, 0) is 30.2 Å². The number of hydrogen-bond acceptors (Lipinski definition) is 2. The molecule has 0 aliphatic heterocycles. The summed E-state index contributed by atoms with van der Waals surface area (Å²) in [7, 11) is 0. The summed E-state index contributed by atoms with van der Waals surface area (Å²) in [5, 5.41) is 13.9. The molecule has 0 bridgehead atoms. The zero-order chi connectivity index (χ0) is 14.4. The summed E-state index contributed by atoms with van der Waals surface area (Å²) >= 11 is 0. The minimum atomic E-state index is -1.08. The van der Waals surface area contributed by atoms with Gasteiger partial charge < -0.3 is 15.7 Å². The number of carbonyl (C=O) groups excluding carboxylic acids is 1. The number of carbonyl (C=O) groups is 2. The lowest BCUT2D eigenvalue weighted by atomic mass is 9.99. The summed E-state index contributed by atoms with van der Waals surface area (Å²) in [6.45, 7) is 3.59. The molecule has 6 heteroatoms. The summed E-state index contributed by atoms with van der Waals surface area (Å²) in [4.78, 5) is 22.7. The SMILES string of the molecule is CC[C@@H](C)[C@H](NC(=O)Nc1ccc(F)cc1)C(=O)O. The van der Waals surface area contributed by atoms with Gasteiger partial charge in [-0.25, -0.2) is 14.0 Å². The Bertz CT molecular complexity index is 448. The van der Waals surface area contributed by atoms with Crippen molar-refractivity contribution in [3.8, 4) is 0 Å². The first kappa shape index (κ1) is 14.9. The van der Waals surface area contributed by atoms with Crippen LogP contribution in [0.2, 0.25) is 0 Å². The van der Waals surface area contributed by atoms with Crippen LogP contribution in [0.4, 0.5) is 14.9 Å². The van der Waals surface area contributed by atoms with Crippen LogP contribution in [0, 0.1) is 11.7 Å². The van der Waals surface area contributed by atoms with E-state index >= 15 is 0 Å². The van der Waals surface area contributed by atoms with Gasteiger partial charge in [0.15, 0.2) is 0 Å². The number of carboxylic acid groups (broad SMARTS) is 1. The van der Waals surface area contributed by atoms with Crippen LogP contribution in [0.5, 0.6) is 0 Å². The van der Waals surface area contributed by atoms with Crippen molar-refractivity contribution in [3.63, 3.8) is 0 Å². The third-order valence-electron chi connectivity index (χ3n) is 2.87. The second kappa shape index (κ2) is 6.72. The minimum Gasteiger partial charge on any atom is -0.480 e. The van der Waals surface area contributed by atoms with Gasteiger partial charge in [-0.3, -0.25) is 0 Å². The number of benzene rings is 1. The van der Waals surface area contributed by atoms with E-state index in [1.165, 1.54) is 24.3 Å². The largest absolute Gasteiger partial charge is 0.480 e. The number of aliphatic carboxylic acids is 1. The summed E-state index contributed by atoms with van der Waals surface area (Å²) in [6.07, 6.45) is 0.633. The van der Waals surface area contributed by atoms with Crippen molar-refractivity contribution in [2.75, 3.05) is 5.32 Å². The Morgan fingerprint density at radius 2 is 1.89 bits per heavy atom. The van der Waals surface area contributed by atoms with E-state index in [9.17, 15) is 14.0 Å². The Morgan fingerprint density at radius 1 is 1.32 bits per heavy atom. The molecule has 2 atom stereocenters. The molecule has 2 amide bonds. The van der Waals surface area contributed by atoms with Gasteiger partial charge in [0.25, 0.3) is 0 Å². The van der Waals surface area contributed by atoms with Crippen LogP contribution in [0.3, 0.4) is 0 Å². The number of amides is 2. The van der Waals surface area contributed by atoms with E-state index < -0.39 is 23.9 Å². The fourth-order valence-electron chi connectivity index (χ4n) is 1.52. The van der Waals surface area contributed by atoms with Gasteiger partial charge in [-0.2, -0.15) is 0 Å². The molecule has 0 saturated heterocycles. The van der Waals surface area contributed by atoms with E-state index in [4.69, 9.17) is 5.11 Å². The summed E-state index contributed by atoms with van der Waals surface area (Å²) in [5.74, 6) is -1.67. The lowest BCUT2D eigenvalue weighted by Gasteiger charge is -2.20. The van der Waals surface area contributed by atoms with Crippen molar-refractivity contribution >= 4 is 17.7 Å². The molecule has 0 aliphatic carbocycles. The number of carboxylic acids is 1. The van der Waals surface area contributed by atoms with Crippen molar-refractivity contribution in [2.24, 2.45) is 5.92 Å². The third kappa shape index (κ3) is 4.57. The molecule has 0 aromatic heterocycles. The predicted molar refractivity (Wildman–Crippen MR) is 69.4 cm³/mol. The zero-order valence-electron chi connectivity index (χ0n) is 10.8. The number of hydrogen-bond donors (Lipinski definition) is 3. The number of urea groups is 1. The second-order valence-electron chi connectivity index (χ2n) is 4.31. The lowest BCUT2D eigenvalue weighted by molar-refractivity contribution is -0.140. The Balaban J connectivity index is 2.62. The average Bonchev–Trinajstić information content (AvgIpc) is 2.37. The molecule has 3 N–H and O–H groups in total. The van der Waals surface area contributed by atoms with Gasteiger partial charge in [0, 0.05) is 5.69 Å². The Kier molecular flexibility index (Phi) is 5.29. The fourth-order valence-corrected chi connectivity index (χ4v) is 1.52. The molecule has 1 aromatic rings. The summed E-state index contributed by atoms with van der Waals surface area (Å²) in [6, 6.07) is 3.63. The van der Waals surface area contributed by atoms with Gasteiger partial charge >= 0.3 is 12.0 Å². The highest BCUT2D eigenvalue weighted by molar-refractivity contribution is 5.92. The van der Waals surface area contributed by atoms with E-state index in [0.717, 1.165) is 0 Å². The molecule has 104 valence electrons. The molecule has 0 spiro atoms. The normalized spacial score (nSPS) is 13.4. The molecule has 0 fully saturated rings. The van der Waals surface area contributed by atoms with Crippen LogP contribution in [0.1, 0.15) is 20.3 Å². The van der Waals surface area contributed by atoms with Gasteiger partial charge in [-0.1, -0.05) is 20.3 Å².